The lowest BCUT2D eigenvalue weighted by atomic mass is 10.1. The Morgan fingerprint density at radius 1 is 1.20 bits per heavy atom. The lowest BCUT2D eigenvalue weighted by Crippen LogP contribution is -2.14. The molecule has 0 fully saturated rings. The summed E-state index contributed by atoms with van der Waals surface area (Å²) in [6.07, 6.45) is 0. The second-order valence-electron chi connectivity index (χ2n) is 5.66. The number of rotatable bonds is 5. The summed E-state index contributed by atoms with van der Waals surface area (Å²) >= 11 is 2.89. The molecule has 0 unspecified atom stereocenters. The Balaban J connectivity index is 1.59. The molecular weight excluding hydrogens is 355 g/mol. The molecule has 128 valence electrons. The zero-order valence-electron chi connectivity index (χ0n) is 13.9. The van der Waals surface area contributed by atoms with Crippen LogP contribution in [0.5, 0.6) is 0 Å². The van der Waals surface area contributed by atoms with Crippen molar-refractivity contribution in [2.45, 2.75) is 18.2 Å². The van der Waals surface area contributed by atoms with Crippen LogP contribution in [0.4, 0.5) is 10.1 Å². The van der Waals surface area contributed by atoms with Gasteiger partial charge in [-0.2, -0.15) is 0 Å². The maximum absolute atomic E-state index is 13.3. The van der Waals surface area contributed by atoms with E-state index in [4.69, 9.17) is 0 Å². The minimum Gasteiger partial charge on any atom is -0.325 e. The predicted octanol–water partition coefficient (Wildman–Crippen LogP) is 5.30. The van der Waals surface area contributed by atoms with E-state index in [2.05, 4.69) is 22.4 Å². The van der Waals surface area contributed by atoms with Gasteiger partial charge in [0.2, 0.25) is 5.91 Å². The lowest BCUT2D eigenvalue weighted by Gasteiger charge is -2.07. The van der Waals surface area contributed by atoms with Gasteiger partial charge in [-0.05, 0) is 31.5 Å². The number of nitrogens with zero attached hydrogens (tertiary/aromatic N) is 1. The fourth-order valence-electron chi connectivity index (χ4n) is 2.22. The van der Waals surface area contributed by atoms with Crippen molar-refractivity contribution in [3.05, 3.63) is 64.8 Å². The van der Waals surface area contributed by atoms with Crippen LogP contribution in [0, 0.1) is 19.7 Å². The van der Waals surface area contributed by atoms with Gasteiger partial charge in [-0.3, -0.25) is 4.79 Å². The number of hydrogen-bond acceptors (Lipinski definition) is 4. The highest BCUT2D eigenvalue weighted by Gasteiger charge is 2.10. The standard InChI is InChI=1S/C19H17FN2OS2/c1-12-3-6-14(7-4-12)17-10-24-19(22-17)25-11-18(23)21-16-9-15(20)8-5-13(16)2/h3-10H,11H2,1-2H3,(H,21,23). The zero-order valence-corrected chi connectivity index (χ0v) is 15.5. The van der Waals surface area contributed by atoms with Gasteiger partial charge < -0.3 is 5.32 Å². The average molecular weight is 372 g/mol. The van der Waals surface area contributed by atoms with Crippen molar-refractivity contribution in [1.29, 1.82) is 0 Å². The van der Waals surface area contributed by atoms with Gasteiger partial charge in [0.1, 0.15) is 5.82 Å². The summed E-state index contributed by atoms with van der Waals surface area (Å²) < 4.78 is 14.1. The third kappa shape index (κ3) is 4.67. The van der Waals surface area contributed by atoms with E-state index >= 15 is 0 Å². The van der Waals surface area contributed by atoms with Crippen molar-refractivity contribution in [2.24, 2.45) is 0 Å². The van der Waals surface area contributed by atoms with Gasteiger partial charge in [0.15, 0.2) is 4.34 Å². The van der Waals surface area contributed by atoms with E-state index in [-0.39, 0.29) is 17.5 Å². The third-order valence-corrected chi connectivity index (χ3v) is 5.65. The Bertz CT molecular complexity index is 891. The van der Waals surface area contributed by atoms with Gasteiger partial charge in [0.05, 0.1) is 11.4 Å². The summed E-state index contributed by atoms with van der Waals surface area (Å²) in [5.41, 5.74) is 4.51. The highest BCUT2D eigenvalue weighted by molar-refractivity contribution is 8.01. The number of thioether (sulfide) groups is 1. The summed E-state index contributed by atoms with van der Waals surface area (Å²) in [6, 6.07) is 12.5. The molecule has 0 spiro atoms. The molecular formula is C19H17FN2OS2. The van der Waals surface area contributed by atoms with Crippen molar-refractivity contribution < 1.29 is 9.18 Å². The Morgan fingerprint density at radius 3 is 2.72 bits per heavy atom. The highest BCUT2D eigenvalue weighted by Crippen LogP contribution is 2.28. The second kappa shape index (κ2) is 7.80. The quantitative estimate of drug-likeness (QED) is 0.618. The molecule has 25 heavy (non-hydrogen) atoms. The van der Waals surface area contributed by atoms with E-state index in [0.29, 0.717) is 5.69 Å². The molecule has 3 aromatic rings. The molecule has 0 atom stereocenters. The molecule has 0 aliphatic rings. The number of aryl methyl sites for hydroxylation is 2. The number of hydrogen-bond donors (Lipinski definition) is 1. The minimum absolute atomic E-state index is 0.175. The number of anilines is 1. The molecule has 0 bridgehead atoms. The summed E-state index contributed by atoms with van der Waals surface area (Å²) in [5.74, 6) is -0.307. The number of halogens is 1. The fraction of sp³-hybridized carbons (Fsp3) is 0.158. The van der Waals surface area contributed by atoms with Gasteiger partial charge in [0, 0.05) is 16.6 Å². The molecule has 0 saturated heterocycles. The van der Waals surface area contributed by atoms with Gasteiger partial charge in [-0.1, -0.05) is 47.7 Å². The van der Waals surface area contributed by atoms with E-state index in [1.54, 1.807) is 6.07 Å². The number of aromatic nitrogens is 1. The summed E-state index contributed by atoms with van der Waals surface area (Å²) in [5, 5.41) is 4.73. The second-order valence-corrected chi connectivity index (χ2v) is 7.74. The Hall–Kier alpha value is -2.18. The van der Waals surface area contributed by atoms with Gasteiger partial charge >= 0.3 is 0 Å². The molecule has 1 N–H and O–H groups in total. The summed E-state index contributed by atoms with van der Waals surface area (Å²) in [7, 11) is 0. The van der Waals surface area contributed by atoms with Crippen LogP contribution < -0.4 is 5.32 Å². The molecule has 0 saturated carbocycles. The summed E-state index contributed by atoms with van der Waals surface area (Å²) in [6.45, 7) is 3.88. The van der Waals surface area contributed by atoms with Crippen LogP contribution >= 0.6 is 23.1 Å². The molecule has 0 radical (unpaired) electrons. The SMILES string of the molecule is Cc1ccc(-c2csc(SCC(=O)Nc3cc(F)ccc3C)n2)cc1. The zero-order chi connectivity index (χ0) is 17.8. The molecule has 3 nitrogen and oxygen atoms in total. The normalized spacial score (nSPS) is 10.7. The Morgan fingerprint density at radius 2 is 1.96 bits per heavy atom. The largest absolute Gasteiger partial charge is 0.325 e. The number of nitrogens with one attached hydrogen (secondary N) is 1. The first-order chi connectivity index (χ1) is 12.0. The first-order valence-corrected chi connectivity index (χ1v) is 9.59. The average Bonchev–Trinajstić information content (AvgIpc) is 3.06. The molecule has 3 rings (SSSR count). The van der Waals surface area contributed by atoms with Gasteiger partial charge in [-0.25, -0.2) is 9.37 Å². The number of benzene rings is 2. The van der Waals surface area contributed by atoms with E-state index in [9.17, 15) is 9.18 Å². The van der Waals surface area contributed by atoms with E-state index in [1.165, 1.54) is 40.8 Å². The van der Waals surface area contributed by atoms with Crippen LogP contribution in [0.3, 0.4) is 0 Å². The fourth-order valence-corrected chi connectivity index (χ4v) is 3.86. The predicted molar refractivity (Wildman–Crippen MR) is 103 cm³/mol. The van der Waals surface area contributed by atoms with E-state index < -0.39 is 0 Å². The monoisotopic (exact) mass is 372 g/mol. The minimum atomic E-state index is -0.365. The summed E-state index contributed by atoms with van der Waals surface area (Å²) in [4.78, 5) is 16.6. The topological polar surface area (TPSA) is 42.0 Å². The number of thiazole rings is 1. The number of amides is 1. The van der Waals surface area contributed by atoms with Crippen molar-refractivity contribution >= 4 is 34.7 Å². The van der Waals surface area contributed by atoms with Crippen molar-refractivity contribution in [3.8, 4) is 11.3 Å². The number of carbonyl (C=O) groups excluding carboxylic acids is 1. The molecule has 1 aromatic heterocycles. The molecule has 0 aliphatic heterocycles. The molecule has 6 heteroatoms. The van der Waals surface area contributed by atoms with E-state index in [0.717, 1.165) is 21.2 Å². The lowest BCUT2D eigenvalue weighted by molar-refractivity contribution is -0.113. The van der Waals surface area contributed by atoms with Gasteiger partial charge in [-0.15, -0.1) is 11.3 Å². The van der Waals surface area contributed by atoms with Gasteiger partial charge in [0.25, 0.3) is 0 Å². The number of carbonyl (C=O) groups is 1. The maximum Gasteiger partial charge on any atom is 0.234 e. The molecule has 0 aliphatic carbocycles. The van der Waals surface area contributed by atoms with Crippen molar-refractivity contribution in [2.75, 3.05) is 11.1 Å². The third-order valence-electron chi connectivity index (χ3n) is 3.63. The van der Waals surface area contributed by atoms with Crippen molar-refractivity contribution in [3.63, 3.8) is 0 Å². The van der Waals surface area contributed by atoms with Crippen LogP contribution in [-0.2, 0) is 4.79 Å². The van der Waals surface area contributed by atoms with Crippen LogP contribution in [0.15, 0.2) is 52.2 Å². The first kappa shape index (κ1) is 17.6. The van der Waals surface area contributed by atoms with Crippen LogP contribution in [0.2, 0.25) is 0 Å². The van der Waals surface area contributed by atoms with Crippen LogP contribution in [0.1, 0.15) is 11.1 Å². The van der Waals surface area contributed by atoms with Crippen molar-refractivity contribution in [1.82, 2.24) is 4.98 Å². The smallest absolute Gasteiger partial charge is 0.234 e. The maximum atomic E-state index is 13.3. The molecule has 1 heterocycles. The Labute approximate surface area is 154 Å². The van der Waals surface area contributed by atoms with Crippen LogP contribution in [0.25, 0.3) is 11.3 Å². The molecule has 1 amide bonds. The highest BCUT2D eigenvalue weighted by atomic mass is 32.2. The van der Waals surface area contributed by atoms with Crippen LogP contribution in [-0.4, -0.2) is 16.6 Å². The first-order valence-electron chi connectivity index (χ1n) is 7.72. The van der Waals surface area contributed by atoms with E-state index in [1.807, 2.05) is 31.4 Å². The Kier molecular flexibility index (Phi) is 5.50. The molecule has 2 aromatic carbocycles.